The summed E-state index contributed by atoms with van der Waals surface area (Å²) >= 11 is 0. The molecule has 2 rings (SSSR count). The minimum Gasteiger partial charge on any atom is -0.478 e. The van der Waals surface area contributed by atoms with E-state index in [1.54, 1.807) is 0 Å². The number of hydrogen-bond donors (Lipinski definition) is 1. The van der Waals surface area contributed by atoms with Crippen LogP contribution in [0, 0.1) is 0 Å². The van der Waals surface area contributed by atoms with Gasteiger partial charge in [-0.1, -0.05) is 82.6 Å². The van der Waals surface area contributed by atoms with Crippen molar-refractivity contribution in [3.05, 3.63) is 47.8 Å². The van der Waals surface area contributed by atoms with Gasteiger partial charge in [0.15, 0.2) is 5.82 Å². The molecule has 1 aromatic carbocycles. The molecule has 0 saturated heterocycles. The van der Waals surface area contributed by atoms with Crippen LogP contribution < -0.4 is 0 Å². The number of carboxylic acids is 1. The highest BCUT2D eigenvalue weighted by atomic mass is 35.5. The quantitative estimate of drug-likeness (QED) is 0.429. The molecular formula is C22H31ClN2O2. The molecule has 0 amide bonds. The summed E-state index contributed by atoms with van der Waals surface area (Å²) in [5.74, 6) is -0.447. The maximum Gasteiger partial charge on any atom is 0.338 e. The minimum atomic E-state index is -1.01. The smallest absolute Gasteiger partial charge is 0.338 e. The van der Waals surface area contributed by atoms with Gasteiger partial charge in [-0.3, -0.25) is 0 Å². The monoisotopic (exact) mass is 390 g/mol. The number of hydrogen-bond acceptors (Lipinski definition) is 3. The third kappa shape index (κ3) is 8.53. The zero-order chi connectivity index (χ0) is 18.6. The summed E-state index contributed by atoms with van der Waals surface area (Å²) in [6.07, 6.45) is 15.9. The van der Waals surface area contributed by atoms with Gasteiger partial charge in [0, 0.05) is 18.0 Å². The van der Waals surface area contributed by atoms with Crippen molar-refractivity contribution in [1.82, 2.24) is 9.97 Å². The Bertz CT molecular complexity index is 657. The molecule has 0 spiro atoms. The van der Waals surface area contributed by atoms with Crippen LogP contribution in [0.3, 0.4) is 0 Å². The number of aromatic nitrogens is 2. The first kappa shape index (κ1) is 23.1. The standard InChI is InChI=1S/C22H30N2O2.ClH/c1-2-3-4-5-6-7-8-9-10-11-18-12-14-19(15-13-18)21-23-16-20(17-24-21)22(25)26;/h12-17H,2-11H2,1H3,(H,25,26);1H. The number of nitrogens with zero attached hydrogens (tertiary/aromatic N) is 2. The molecule has 1 aromatic heterocycles. The van der Waals surface area contributed by atoms with Gasteiger partial charge >= 0.3 is 5.97 Å². The lowest BCUT2D eigenvalue weighted by Gasteiger charge is -2.05. The summed E-state index contributed by atoms with van der Waals surface area (Å²) in [5.41, 5.74) is 2.35. The predicted molar refractivity (Wildman–Crippen MR) is 113 cm³/mol. The normalized spacial score (nSPS) is 10.4. The molecule has 5 heteroatoms. The van der Waals surface area contributed by atoms with Crippen LogP contribution in [-0.2, 0) is 6.42 Å². The second-order valence-corrected chi connectivity index (χ2v) is 6.88. The average Bonchev–Trinajstić information content (AvgIpc) is 2.67. The first-order chi connectivity index (χ1) is 12.7. The van der Waals surface area contributed by atoms with Gasteiger partial charge in [-0.25, -0.2) is 14.8 Å². The van der Waals surface area contributed by atoms with E-state index in [2.05, 4.69) is 29.0 Å². The molecule has 0 aliphatic rings. The Labute approximate surface area is 168 Å². The van der Waals surface area contributed by atoms with E-state index >= 15 is 0 Å². The topological polar surface area (TPSA) is 63.1 Å². The lowest BCUT2D eigenvalue weighted by atomic mass is 10.0. The molecule has 0 bridgehead atoms. The van der Waals surface area contributed by atoms with Crippen LogP contribution in [0.15, 0.2) is 36.7 Å². The zero-order valence-corrected chi connectivity index (χ0v) is 17.0. The number of aryl methyl sites for hydroxylation is 1. The molecule has 1 N–H and O–H groups in total. The van der Waals surface area contributed by atoms with Gasteiger partial charge in [-0.2, -0.15) is 0 Å². The van der Waals surface area contributed by atoms with Crippen LogP contribution in [0.4, 0.5) is 0 Å². The van der Waals surface area contributed by atoms with Gasteiger partial charge < -0.3 is 5.11 Å². The van der Waals surface area contributed by atoms with Crippen LogP contribution in [-0.4, -0.2) is 21.0 Å². The van der Waals surface area contributed by atoms with Crippen molar-refractivity contribution in [3.8, 4) is 11.4 Å². The number of carbonyl (C=O) groups is 1. The number of benzene rings is 1. The average molecular weight is 391 g/mol. The fourth-order valence-electron chi connectivity index (χ4n) is 3.05. The SMILES string of the molecule is CCCCCCCCCCCc1ccc(-c2ncc(C(=O)O)cn2)cc1.Cl. The van der Waals surface area contributed by atoms with E-state index in [1.807, 2.05) is 12.1 Å². The van der Waals surface area contributed by atoms with E-state index < -0.39 is 5.97 Å². The number of halogens is 1. The Balaban J connectivity index is 0.00000364. The summed E-state index contributed by atoms with van der Waals surface area (Å²) in [5, 5.41) is 8.89. The Morgan fingerprint density at radius 1 is 0.852 bits per heavy atom. The fourth-order valence-corrected chi connectivity index (χ4v) is 3.05. The van der Waals surface area contributed by atoms with E-state index in [1.165, 1.54) is 75.7 Å². The van der Waals surface area contributed by atoms with Gasteiger partial charge in [-0.05, 0) is 18.4 Å². The van der Waals surface area contributed by atoms with Gasteiger partial charge in [0.2, 0.25) is 0 Å². The first-order valence-corrected chi connectivity index (χ1v) is 9.85. The molecule has 2 aromatic rings. The van der Waals surface area contributed by atoms with E-state index in [4.69, 9.17) is 5.11 Å². The fraction of sp³-hybridized carbons (Fsp3) is 0.500. The largest absolute Gasteiger partial charge is 0.478 e. The second-order valence-electron chi connectivity index (χ2n) is 6.88. The van der Waals surface area contributed by atoms with Crippen molar-refractivity contribution in [2.75, 3.05) is 0 Å². The third-order valence-corrected chi connectivity index (χ3v) is 4.68. The van der Waals surface area contributed by atoms with Gasteiger partial charge in [0.1, 0.15) is 0 Å². The van der Waals surface area contributed by atoms with E-state index in [0.717, 1.165) is 12.0 Å². The Hall–Kier alpha value is -1.94. The predicted octanol–water partition coefficient (Wildman–Crippen LogP) is 6.34. The highest BCUT2D eigenvalue weighted by molar-refractivity contribution is 5.86. The molecule has 4 nitrogen and oxygen atoms in total. The van der Waals surface area contributed by atoms with Crippen LogP contribution in [0.5, 0.6) is 0 Å². The molecule has 0 saturated carbocycles. The molecule has 0 aliphatic heterocycles. The van der Waals surface area contributed by atoms with Crippen LogP contribution >= 0.6 is 12.4 Å². The maximum atomic E-state index is 10.8. The molecule has 148 valence electrons. The Morgan fingerprint density at radius 3 is 1.89 bits per heavy atom. The highest BCUT2D eigenvalue weighted by Crippen LogP contribution is 2.17. The van der Waals surface area contributed by atoms with E-state index in [-0.39, 0.29) is 18.0 Å². The van der Waals surface area contributed by atoms with Gasteiger partial charge in [-0.15, -0.1) is 12.4 Å². The summed E-state index contributed by atoms with van der Waals surface area (Å²) in [7, 11) is 0. The number of aromatic carboxylic acids is 1. The first-order valence-electron chi connectivity index (χ1n) is 9.85. The molecular weight excluding hydrogens is 360 g/mol. The minimum absolute atomic E-state index is 0. The number of unbranched alkanes of at least 4 members (excludes halogenated alkanes) is 8. The maximum absolute atomic E-state index is 10.8. The summed E-state index contributed by atoms with van der Waals surface area (Å²) in [6.45, 7) is 2.26. The van der Waals surface area contributed by atoms with Crippen molar-refractivity contribution < 1.29 is 9.90 Å². The van der Waals surface area contributed by atoms with Gasteiger partial charge in [0.05, 0.1) is 5.56 Å². The highest BCUT2D eigenvalue weighted by Gasteiger charge is 2.06. The molecule has 0 aliphatic carbocycles. The van der Waals surface area contributed by atoms with Crippen LogP contribution in [0.25, 0.3) is 11.4 Å². The number of rotatable bonds is 12. The second kappa shape index (κ2) is 13.3. The summed E-state index contributed by atoms with van der Waals surface area (Å²) in [4.78, 5) is 19.1. The molecule has 0 radical (unpaired) electrons. The summed E-state index contributed by atoms with van der Waals surface area (Å²) < 4.78 is 0. The van der Waals surface area contributed by atoms with Crippen LogP contribution in [0.1, 0.15) is 80.6 Å². The Kier molecular flexibility index (Phi) is 11.3. The van der Waals surface area contributed by atoms with Crippen LogP contribution in [0.2, 0.25) is 0 Å². The lowest BCUT2D eigenvalue weighted by Crippen LogP contribution is -1.99. The van der Waals surface area contributed by atoms with E-state index in [9.17, 15) is 4.79 Å². The molecule has 0 fully saturated rings. The summed E-state index contributed by atoms with van der Waals surface area (Å²) in [6, 6.07) is 8.26. The number of carboxylic acid groups (broad SMARTS) is 1. The van der Waals surface area contributed by atoms with Gasteiger partial charge in [0.25, 0.3) is 0 Å². The molecule has 1 heterocycles. The molecule has 0 unspecified atom stereocenters. The van der Waals surface area contributed by atoms with Crippen molar-refractivity contribution in [2.45, 2.75) is 71.1 Å². The van der Waals surface area contributed by atoms with Crippen molar-refractivity contribution in [1.29, 1.82) is 0 Å². The third-order valence-electron chi connectivity index (χ3n) is 4.68. The van der Waals surface area contributed by atoms with E-state index in [0.29, 0.717) is 5.82 Å². The van der Waals surface area contributed by atoms with Crippen molar-refractivity contribution in [2.24, 2.45) is 0 Å². The van der Waals surface area contributed by atoms with Crippen molar-refractivity contribution >= 4 is 18.4 Å². The van der Waals surface area contributed by atoms with Crippen molar-refractivity contribution in [3.63, 3.8) is 0 Å². The lowest BCUT2D eigenvalue weighted by molar-refractivity contribution is 0.0696. The zero-order valence-electron chi connectivity index (χ0n) is 16.2. The molecule has 0 atom stereocenters. The Morgan fingerprint density at radius 2 is 1.37 bits per heavy atom. The molecule has 27 heavy (non-hydrogen) atoms.